The van der Waals surface area contributed by atoms with Gasteiger partial charge in [0.05, 0.1) is 24.3 Å². The number of nitrogens with one attached hydrogen (secondary N) is 1. The first-order chi connectivity index (χ1) is 18.2. The summed E-state index contributed by atoms with van der Waals surface area (Å²) in [6, 6.07) is 27.4. The minimum absolute atomic E-state index is 0.0111. The van der Waals surface area contributed by atoms with Gasteiger partial charge in [0.25, 0.3) is 0 Å². The van der Waals surface area contributed by atoms with Crippen LogP contribution in [-0.4, -0.2) is 22.2 Å². The molecular weight excluding hydrogens is 458 g/mol. The number of hydrogen-bond donors (Lipinski definition) is 1. The lowest BCUT2D eigenvalue weighted by molar-refractivity contribution is -0.0336. The average Bonchev–Trinajstić information content (AvgIpc) is 3.75. The van der Waals surface area contributed by atoms with E-state index in [-0.39, 0.29) is 18.3 Å². The Kier molecular flexibility index (Phi) is 6.90. The highest BCUT2D eigenvalue weighted by molar-refractivity contribution is 5.89. The molecule has 1 saturated heterocycles. The van der Waals surface area contributed by atoms with E-state index in [1.807, 2.05) is 12.1 Å². The van der Waals surface area contributed by atoms with Crippen LogP contribution >= 0.6 is 0 Å². The van der Waals surface area contributed by atoms with E-state index in [0.29, 0.717) is 18.4 Å². The van der Waals surface area contributed by atoms with Crippen molar-refractivity contribution >= 4 is 16.7 Å². The smallest absolute Gasteiger partial charge is 0.137 e. The van der Waals surface area contributed by atoms with Crippen LogP contribution in [-0.2, 0) is 22.6 Å². The van der Waals surface area contributed by atoms with Crippen LogP contribution in [0.25, 0.3) is 10.9 Å². The number of ether oxygens (including phenoxy) is 2. The van der Waals surface area contributed by atoms with Gasteiger partial charge in [0.15, 0.2) is 0 Å². The van der Waals surface area contributed by atoms with Gasteiger partial charge in [-0.3, -0.25) is 0 Å². The summed E-state index contributed by atoms with van der Waals surface area (Å²) in [5.41, 5.74) is 4.52. The van der Waals surface area contributed by atoms with Crippen LogP contribution in [0.5, 0.6) is 0 Å². The van der Waals surface area contributed by atoms with E-state index in [1.54, 1.807) is 0 Å². The number of fused-ring (bicyclic) bond motifs is 1. The third kappa shape index (κ3) is 5.25. The maximum Gasteiger partial charge on any atom is 0.137 e. The molecule has 0 unspecified atom stereocenters. The third-order valence-corrected chi connectivity index (χ3v) is 7.72. The minimum Gasteiger partial charge on any atom is -0.370 e. The Morgan fingerprint density at radius 2 is 1.65 bits per heavy atom. The largest absolute Gasteiger partial charge is 0.370 e. The van der Waals surface area contributed by atoms with Crippen LogP contribution in [0.15, 0.2) is 78.9 Å². The Hall–Kier alpha value is -3.28. The highest BCUT2D eigenvalue weighted by Crippen LogP contribution is 2.43. The van der Waals surface area contributed by atoms with Gasteiger partial charge in [-0.25, -0.2) is 9.97 Å². The molecule has 1 N–H and O–H groups in total. The van der Waals surface area contributed by atoms with Crippen molar-refractivity contribution in [1.82, 2.24) is 9.97 Å². The molecule has 0 spiro atoms. The zero-order valence-electron chi connectivity index (χ0n) is 21.6. The number of hydrogen-bond acceptors (Lipinski definition) is 5. The molecule has 4 aromatic rings. The summed E-state index contributed by atoms with van der Waals surface area (Å²) < 4.78 is 13.1. The Morgan fingerprint density at radius 3 is 2.35 bits per heavy atom. The molecule has 2 fully saturated rings. The zero-order valence-corrected chi connectivity index (χ0v) is 21.6. The maximum atomic E-state index is 6.60. The summed E-state index contributed by atoms with van der Waals surface area (Å²) in [6.45, 7) is 5.76. The summed E-state index contributed by atoms with van der Waals surface area (Å²) in [5, 5.41) is 4.62. The van der Waals surface area contributed by atoms with E-state index in [0.717, 1.165) is 41.1 Å². The highest BCUT2D eigenvalue weighted by Gasteiger charge is 2.42. The third-order valence-electron chi connectivity index (χ3n) is 7.72. The van der Waals surface area contributed by atoms with Gasteiger partial charge in [-0.1, -0.05) is 80.6 Å². The van der Waals surface area contributed by atoms with Crippen molar-refractivity contribution in [2.24, 2.45) is 5.92 Å². The van der Waals surface area contributed by atoms with Crippen LogP contribution in [0.4, 0.5) is 5.82 Å². The summed E-state index contributed by atoms with van der Waals surface area (Å²) >= 11 is 0. The van der Waals surface area contributed by atoms with E-state index in [2.05, 4.69) is 85.9 Å². The molecule has 1 aliphatic heterocycles. The maximum absolute atomic E-state index is 6.60. The van der Waals surface area contributed by atoms with Crippen molar-refractivity contribution < 1.29 is 9.47 Å². The molecule has 5 nitrogen and oxygen atoms in total. The average molecular weight is 494 g/mol. The Balaban J connectivity index is 1.30. The molecule has 1 aromatic heterocycles. The summed E-state index contributed by atoms with van der Waals surface area (Å²) in [6.07, 6.45) is 3.35. The van der Waals surface area contributed by atoms with Crippen molar-refractivity contribution in [3.05, 3.63) is 101 Å². The highest BCUT2D eigenvalue weighted by atomic mass is 16.6. The molecule has 2 aliphatic rings. The molecular formula is C32H35N3O2. The van der Waals surface area contributed by atoms with Gasteiger partial charge in [0.1, 0.15) is 17.7 Å². The molecule has 2 heterocycles. The summed E-state index contributed by atoms with van der Waals surface area (Å²) in [4.78, 5) is 9.96. The number of nitrogens with zero attached hydrogens (tertiary/aromatic N) is 2. The Bertz CT molecular complexity index is 1340. The van der Waals surface area contributed by atoms with Gasteiger partial charge >= 0.3 is 0 Å². The quantitative estimate of drug-likeness (QED) is 0.267. The standard InChI is InChI=1S/C32H35N3O2/c1-3-28-21(2)29(36-20-23-12-8-5-9-13-23)30(37-28)25-16-17-26-27(18-25)34-31(24-14-15-24)35-32(26)33-19-22-10-6-4-7-11-22/h4-13,16-18,21,24,28-30H,3,14-15,19-20H2,1-2H3,(H,33,34,35)/t21-,28-,29-,30+/m1/s1. The van der Waals surface area contributed by atoms with Crippen molar-refractivity contribution in [2.75, 3.05) is 5.32 Å². The first-order valence-electron chi connectivity index (χ1n) is 13.6. The predicted molar refractivity (Wildman–Crippen MR) is 147 cm³/mol. The number of aromatic nitrogens is 2. The lowest BCUT2D eigenvalue weighted by Crippen LogP contribution is -2.25. The molecule has 5 heteroatoms. The van der Waals surface area contributed by atoms with Crippen molar-refractivity contribution in [1.29, 1.82) is 0 Å². The zero-order chi connectivity index (χ0) is 25.2. The Labute approximate surface area is 219 Å². The summed E-state index contributed by atoms with van der Waals surface area (Å²) in [5.74, 6) is 2.64. The number of benzene rings is 3. The van der Waals surface area contributed by atoms with Crippen LogP contribution in [0.2, 0.25) is 0 Å². The molecule has 1 aliphatic carbocycles. The van der Waals surface area contributed by atoms with Gasteiger partial charge in [-0.05, 0) is 48.1 Å². The van der Waals surface area contributed by atoms with E-state index >= 15 is 0 Å². The lowest BCUT2D eigenvalue weighted by atomic mass is 9.93. The molecule has 6 rings (SSSR count). The predicted octanol–water partition coefficient (Wildman–Crippen LogP) is 7.19. The van der Waals surface area contributed by atoms with Crippen LogP contribution < -0.4 is 5.32 Å². The van der Waals surface area contributed by atoms with E-state index in [1.165, 1.54) is 24.0 Å². The van der Waals surface area contributed by atoms with Crippen molar-refractivity contribution in [2.45, 2.75) is 70.5 Å². The minimum atomic E-state index is -0.117. The van der Waals surface area contributed by atoms with Gasteiger partial charge in [-0.15, -0.1) is 0 Å². The molecule has 37 heavy (non-hydrogen) atoms. The van der Waals surface area contributed by atoms with Crippen LogP contribution in [0.3, 0.4) is 0 Å². The monoisotopic (exact) mass is 493 g/mol. The van der Waals surface area contributed by atoms with Gasteiger partial charge in [0.2, 0.25) is 0 Å². The molecule has 1 saturated carbocycles. The van der Waals surface area contributed by atoms with E-state index in [9.17, 15) is 0 Å². The second-order valence-electron chi connectivity index (χ2n) is 10.4. The van der Waals surface area contributed by atoms with Crippen molar-refractivity contribution in [3.63, 3.8) is 0 Å². The van der Waals surface area contributed by atoms with Crippen LogP contribution in [0, 0.1) is 5.92 Å². The van der Waals surface area contributed by atoms with Gasteiger partial charge in [0, 0.05) is 23.8 Å². The fraction of sp³-hybridized carbons (Fsp3) is 0.375. The van der Waals surface area contributed by atoms with E-state index in [4.69, 9.17) is 19.4 Å². The van der Waals surface area contributed by atoms with Crippen LogP contribution in [0.1, 0.15) is 67.6 Å². The molecule has 0 amide bonds. The number of rotatable bonds is 9. The molecule has 3 aromatic carbocycles. The second-order valence-corrected chi connectivity index (χ2v) is 10.4. The Morgan fingerprint density at radius 1 is 0.919 bits per heavy atom. The molecule has 190 valence electrons. The van der Waals surface area contributed by atoms with Gasteiger partial charge < -0.3 is 14.8 Å². The molecule has 4 atom stereocenters. The molecule has 0 radical (unpaired) electrons. The lowest BCUT2D eigenvalue weighted by Gasteiger charge is -2.23. The fourth-order valence-corrected chi connectivity index (χ4v) is 5.40. The topological polar surface area (TPSA) is 56.3 Å². The number of anilines is 1. The normalized spacial score (nSPS) is 23.4. The fourth-order valence-electron chi connectivity index (χ4n) is 5.40. The SMILES string of the molecule is CC[C@H]1O[C@@H](c2ccc3c(NCc4ccccc4)nc(C4CC4)nc3c2)[C@H](OCc2ccccc2)[C@@H]1C. The van der Waals surface area contributed by atoms with E-state index < -0.39 is 0 Å². The van der Waals surface area contributed by atoms with Crippen molar-refractivity contribution in [3.8, 4) is 0 Å². The summed E-state index contributed by atoms with van der Waals surface area (Å²) in [7, 11) is 0. The first-order valence-corrected chi connectivity index (χ1v) is 13.6. The molecule has 0 bridgehead atoms. The second kappa shape index (κ2) is 10.6. The first kappa shape index (κ1) is 24.1. The van der Waals surface area contributed by atoms with Gasteiger partial charge in [-0.2, -0.15) is 0 Å².